The Morgan fingerprint density at radius 2 is 1.77 bits per heavy atom. The molecule has 1 heterocycles. The van der Waals surface area contributed by atoms with Crippen molar-refractivity contribution in [3.05, 3.63) is 98.3 Å². The Balaban J connectivity index is 1.79. The smallest absolute Gasteiger partial charge is 0.306 e. The van der Waals surface area contributed by atoms with E-state index < -0.39 is 22.3 Å². The first-order chi connectivity index (χ1) is 14.8. The Hall–Kier alpha value is -3.55. The van der Waals surface area contributed by atoms with Crippen LogP contribution >= 0.6 is 23.2 Å². The van der Waals surface area contributed by atoms with Gasteiger partial charge in [0.15, 0.2) is 0 Å². The molecule has 9 heteroatoms. The lowest BCUT2D eigenvalue weighted by atomic mass is 10.0. The van der Waals surface area contributed by atoms with Crippen LogP contribution < -0.4 is 5.32 Å². The van der Waals surface area contributed by atoms with Crippen molar-refractivity contribution in [2.24, 2.45) is 0 Å². The van der Waals surface area contributed by atoms with Crippen LogP contribution in [0.3, 0.4) is 0 Å². The number of nitrogens with zero attached hydrogens (tertiary/aromatic N) is 2. The lowest BCUT2D eigenvalue weighted by Gasteiger charge is -2.11. The summed E-state index contributed by atoms with van der Waals surface area (Å²) in [6.07, 6.45) is 0. The molecule has 0 atom stereocenters. The second-order valence-corrected chi connectivity index (χ2v) is 7.39. The molecule has 0 radical (unpaired) electrons. The summed E-state index contributed by atoms with van der Waals surface area (Å²) >= 11 is 12.1. The average Bonchev–Trinajstić information content (AvgIpc) is 2.76. The highest BCUT2D eigenvalue weighted by molar-refractivity contribution is 6.42. The summed E-state index contributed by atoms with van der Waals surface area (Å²) in [5.74, 6) is -1.51. The molecular formula is C22H12Cl2FN3O3. The molecule has 1 amide bonds. The van der Waals surface area contributed by atoms with Gasteiger partial charge in [-0.3, -0.25) is 14.9 Å². The predicted octanol–water partition coefficient (Wildman–Crippen LogP) is 6.51. The molecule has 1 aromatic heterocycles. The predicted molar refractivity (Wildman–Crippen MR) is 118 cm³/mol. The van der Waals surface area contributed by atoms with Gasteiger partial charge in [0.2, 0.25) is 5.82 Å². The molecule has 0 aliphatic carbocycles. The third kappa shape index (κ3) is 4.19. The second-order valence-electron chi connectivity index (χ2n) is 6.58. The van der Waals surface area contributed by atoms with Gasteiger partial charge in [-0.1, -0.05) is 47.5 Å². The van der Waals surface area contributed by atoms with Crippen LogP contribution in [0.4, 0.5) is 15.8 Å². The standard InChI is InChI=1S/C22H12Cl2FN3O3/c23-16-7-5-12(9-17(16)24)20-11-15(14-3-1-2-4-19(14)27-20)22(29)26-13-6-8-18(25)21(10-13)28(30)31/h1-11H,(H,26,29). The van der Waals surface area contributed by atoms with Crippen LogP contribution in [0.5, 0.6) is 0 Å². The number of aromatic nitrogens is 1. The maximum atomic E-state index is 13.6. The van der Waals surface area contributed by atoms with E-state index in [-0.39, 0.29) is 5.69 Å². The Bertz CT molecular complexity index is 1360. The van der Waals surface area contributed by atoms with Gasteiger partial charge in [0.25, 0.3) is 5.91 Å². The average molecular weight is 456 g/mol. The zero-order valence-corrected chi connectivity index (χ0v) is 17.1. The summed E-state index contributed by atoms with van der Waals surface area (Å²) < 4.78 is 13.6. The highest BCUT2D eigenvalue weighted by Crippen LogP contribution is 2.30. The molecule has 0 fully saturated rings. The van der Waals surface area contributed by atoms with Crippen molar-refractivity contribution in [3.8, 4) is 11.3 Å². The van der Waals surface area contributed by atoms with Gasteiger partial charge in [0.1, 0.15) is 0 Å². The SMILES string of the molecule is O=C(Nc1ccc(F)c([N+](=O)[O-])c1)c1cc(-c2ccc(Cl)c(Cl)c2)nc2ccccc12. The molecule has 3 aromatic carbocycles. The fourth-order valence-corrected chi connectivity index (χ4v) is 3.39. The quantitative estimate of drug-likeness (QED) is 0.280. The van der Waals surface area contributed by atoms with E-state index >= 15 is 0 Å². The van der Waals surface area contributed by atoms with Gasteiger partial charge in [-0.15, -0.1) is 0 Å². The summed E-state index contributed by atoms with van der Waals surface area (Å²) in [7, 11) is 0. The zero-order valence-electron chi connectivity index (χ0n) is 15.6. The molecular weight excluding hydrogens is 444 g/mol. The van der Waals surface area contributed by atoms with Crippen LogP contribution in [0.25, 0.3) is 22.2 Å². The number of nitro benzene ring substituents is 1. The number of nitro groups is 1. The van der Waals surface area contributed by atoms with Crippen molar-refractivity contribution in [2.45, 2.75) is 0 Å². The Morgan fingerprint density at radius 1 is 1.00 bits per heavy atom. The Kier molecular flexibility index (Phi) is 5.54. The molecule has 4 aromatic rings. The molecule has 1 N–H and O–H groups in total. The van der Waals surface area contributed by atoms with E-state index in [9.17, 15) is 19.3 Å². The number of carbonyl (C=O) groups excluding carboxylic acids is 1. The van der Waals surface area contributed by atoms with Gasteiger partial charge in [-0.05, 0) is 36.4 Å². The Morgan fingerprint density at radius 3 is 2.52 bits per heavy atom. The lowest BCUT2D eigenvalue weighted by molar-refractivity contribution is -0.387. The second kappa shape index (κ2) is 8.29. The highest BCUT2D eigenvalue weighted by atomic mass is 35.5. The van der Waals surface area contributed by atoms with Crippen molar-refractivity contribution in [1.29, 1.82) is 0 Å². The van der Waals surface area contributed by atoms with E-state index in [4.69, 9.17) is 23.2 Å². The largest absolute Gasteiger partial charge is 0.322 e. The van der Waals surface area contributed by atoms with E-state index in [2.05, 4.69) is 10.3 Å². The number of hydrogen-bond donors (Lipinski definition) is 1. The minimum absolute atomic E-state index is 0.0927. The molecule has 0 saturated carbocycles. The number of hydrogen-bond acceptors (Lipinski definition) is 4. The first-order valence-electron chi connectivity index (χ1n) is 8.94. The lowest BCUT2D eigenvalue weighted by Crippen LogP contribution is -2.13. The Labute approximate surface area is 185 Å². The van der Waals surface area contributed by atoms with Crippen molar-refractivity contribution < 1.29 is 14.1 Å². The maximum absolute atomic E-state index is 13.6. The highest BCUT2D eigenvalue weighted by Gasteiger charge is 2.18. The van der Waals surface area contributed by atoms with Crippen molar-refractivity contribution >= 4 is 51.4 Å². The van der Waals surface area contributed by atoms with E-state index in [0.717, 1.165) is 12.1 Å². The van der Waals surface area contributed by atoms with Crippen LogP contribution in [-0.4, -0.2) is 15.8 Å². The minimum Gasteiger partial charge on any atom is -0.322 e. The number of pyridine rings is 1. The molecule has 0 bridgehead atoms. The van der Waals surface area contributed by atoms with Crippen molar-refractivity contribution in [3.63, 3.8) is 0 Å². The molecule has 4 rings (SSSR count). The van der Waals surface area contributed by atoms with Gasteiger partial charge in [-0.25, -0.2) is 4.98 Å². The molecule has 0 unspecified atom stereocenters. The van der Waals surface area contributed by atoms with Gasteiger partial charge in [-0.2, -0.15) is 4.39 Å². The monoisotopic (exact) mass is 455 g/mol. The van der Waals surface area contributed by atoms with Crippen molar-refractivity contribution in [1.82, 2.24) is 4.98 Å². The summed E-state index contributed by atoms with van der Waals surface area (Å²) in [4.78, 5) is 27.8. The number of rotatable bonds is 4. The molecule has 6 nitrogen and oxygen atoms in total. The topological polar surface area (TPSA) is 85.1 Å². The summed E-state index contributed by atoms with van der Waals surface area (Å²) in [5.41, 5.74) is 1.38. The molecule has 31 heavy (non-hydrogen) atoms. The van der Waals surface area contributed by atoms with Gasteiger partial charge in [0.05, 0.1) is 31.7 Å². The summed E-state index contributed by atoms with van der Waals surface area (Å²) in [5, 5.41) is 14.9. The van der Waals surface area contributed by atoms with Crippen LogP contribution in [0, 0.1) is 15.9 Å². The van der Waals surface area contributed by atoms with Gasteiger partial charge >= 0.3 is 5.69 Å². The first-order valence-corrected chi connectivity index (χ1v) is 9.69. The number of fused-ring (bicyclic) bond motifs is 1. The van der Waals surface area contributed by atoms with E-state index in [1.54, 1.807) is 48.5 Å². The minimum atomic E-state index is -0.987. The molecule has 0 aliphatic heterocycles. The van der Waals surface area contributed by atoms with Gasteiger partial charge < -0.3 is 5.32 Å². The van der Waals surface area contributed by atoms with Crippen LogP contribution in [-0.2, 0) is 0 Å². The molecule has 0 spiro atoms. The number of carbonyl (C=O) groups is 1. The first kappa shape index (κ1) is 20.7. The zero-order chi connectivity index (χ0) is 22.1. The molecule has 154 valence electrons. The number of nitrogens with one attached hydrogen (secondary N) is 1. The van der Waals surface area contributed by atoms with Gasteiger partial charge in [0, 0.05) is 22.7 Å². The number of benzene rings is 3. The number of anilines is 1. The fourth-order valence-electron chi connectivity index (χ4n) is 3.10. The summed E-state index contributed by atoms with van der Waals surface area (Å²) in [6, 6.07) is 16.8. The molecule has 0 aliphatic rings. The maximum Gasteiger partial charge on any atom is 0.306 e. The third-order valence-electron chi connectivity index (χ3n) is 4.58. The normalized spacial score (nSPS) is 10.8. The van der Waals surface area contributed by atoms with E-state index in [1.165, 1.54) is 6.07 Å². The number of halogens is 3. The number of para-hydroxylation sites is 1. The third-order valence-corrected chi connectivity index (χ3v) is 5.32. The number of amides is 1. The summed E-state index contributed by atoms with van der Waals surface area (Å²) in [6.45, 7) is 0. The van der Waals surface area contributed by atoms with E-state index in [1.807, 2.05) is 0 Å². The van der Waals surface area contributed by atoms with Crippen LogP contribution in [0.15, 0.2) is 66.7 Å². The van der Waals surface area contributed by atoms with Crippen LogP contribution in [0.1, 0.15) is 10.4 Å². The molecule has 0 saturated heterocycles. The van der Waals surface area contributed by atoms with Crippen LogP contribution in [0.2, 0.25) is 10.0 Å². The van der Waals surface area contributed by atoms with Crippen molar-refractivity contribution in [2.75, 3.05) is 5.32 Å². The van der Waals surface area contributed by atoms with E-state index in [0.29, 0.717) is 37.8 Å². The fraction of sp³-hybridized carbons (Fsp3) is 0.